The Hall–Kier alpha value is -2.49. The molecule has 28 heavy (non-hydrogen) atoms. The zero-order valence-corrected chi connectivity index (χ0v) is 17.5. The van der Waals surface area contributed by atoms with Crippen LogP contribution in [0.4, 0.5) is 10.8 Å². The van der Waals surface area contributed by atoms with Crippen molar-refractivity contribution in [1.82, 2.24) is 10.2 Å². The zero-order chi connectivity index (χ0) is 20.3. The van der Waals surface area contributed by atoms with Crippen molar-refractivity contribution in [2.45, 2.75) is 18.2 Å². The van der Waals surface area contributed by atoms with Gasteiger partial charge in [0.05, 0.1) is 5.69 Å². The number of amides is 1. The van der Waals surface area contributed by atoms with Gasteiger partial charge in [-0.25, -0.2) is 0 Å². The molecule has 0 aliphatic heterocycles. The monoisotopic (exact) mass is 436 g/mol. The molecule has 0 fully saturated rings. The van der Waals surface area contributed by atoms with Gasteiger partial charge < -0.3 is 0 Å². The molecule has 0 atom stereocenters. The minimum atomic E-state index is -3.90. The van der Waals surface area contributed by atoms with Crippen LogP contribution in [-0.4, -0.2) is 31.1 Å². The van der Waals surface area contributed by atoms with Gasteiger partial charge in [-0.15, -0.1) is 10.2 Å². The molecular formula is C18H17ClN4O3S2. The summed E-state index contributed by atoms with van der Waals surface area (Å²) in [5.41, 5.74) is 1.82. The largest absolute Gasteiger partial charge is 0.296 e. The van der Waals surface area contributed by atoms with Gasteiger partial charge in [0.15, 0.2) is 0 Å². The number of aryl methyl sites for hydroxylation is 1. The molecule has 1 aromatic heterocycles. The Morgan fingerprint density at radius 2 is 1.93 bits per heavy atom. The van der Waals surface area contributed by atoms with Crippen LogP contribution in [-0.2, 0) is 10.0 Å². The minimum absolute atomic E-state index is 0.0869. The second-order valence-electron chi connectivity index (χ2n) is 5.85. The maximum Gasteiger partial charge on any atom is 0.293 e. The Morgan fingerprint density at radius 1 is 1.18 bits per heavy atom. The van der Waals surface area contributed by atoms with E-state index in [2.05, 4.69) is 15.5 Å². The van der Waals surface area contributed by atoms with Crippen molar-refractivity contribution >= 4 is 49.7 Å². The Morgan fingerprint density at radius 3 is 2.61 bits per heavy atom. The van der Waals surface area contributed by atoms with E-state index in [4.69, 9.17) is 11.6 Å². The summed E-state index contributed by atoms with van der Waals surface area (Å²) in [7, 11) is -3.90. The Labute approximate surface area is 172 Å². The van der Waals surface area contributed by atoms with Crippen molar-refractivity contribution in [3.63, 3.8) is 0 Å². The average Bonchev–Trinajstić information content (AvgIpc) is 3.11. The number of halogens is 1. The van der Waals surface area contributed by atoms with Crippen LogP contribution >= 0.6 is 22.9 Å². The summed E-state index contributed by atoms with van der Waals surface area (Å²) in [5, 5.41) is 10.6. The van der Waals surface area contributed by atoms with Crippen molar-refractivity contribution in [3.05, 3.63) is 64.7 Å². The number of anilines is 2. The van der Waals surface area contributed by atoms with Gasteiger partial charge in [0, 0.05) is 17.1 Å². The summed E-state index contributed by atoms with van der Waals surface area (Å²) in [6.45, 7) is 3.86. The summed E-state index contributed by atoms with van der Waals surface area (Å²) >= 11 is 6.68. The van der Waals surface area contributed by atoms with E-state index in [-0.39, 0.29) is 16.0 Å². The first-order valence-electron chi connectivity index (χ1n) is 8.31. The molecule has 0 saturated heterocycles. The molecule has 0 aliphatic rings. The molecule has 0 saturated carbocycles. The lowest BCUT2D eigenvalue weighted by molar-refractivity contribution is 0.102. The highest BCUT2D eigenvalue weighted by atomic mass is 35.5. The number of nitrogens with zero attached hydrogens (tertiary/aromatic N) is 3. The second kappa shape index (κ2) is 8.26. The third-order valence-electron chi connectivity index (χ3n) is 3.80. The predicted octanol–water partition coefficient (Wildman–Crippen LogP) is 3.97. The van der Waals surface area contributed by atoms with Gasteiger partial charge in [-0.3, -0.25) is 14.4 Å². The molecule has 0 spiro atoms. The van der Waals surface area contributed by atoms with Gasteiger partial charge in [0.1, 0.15) is 0 Å². The number of carbonyl (C=O) groups excluding carboxylic acids is 1. The topological polar surface area (TPSA) is 92.3 Å². The SMILES string of the molecule is CCN(c1cccc(C)c1)S(=O)(=O)c1nnc(NC(=O)c2cccc(Cl)c2)s1. The maximum atomic E-state index is 13.0. The summed E-state index contributed by atoms with van der Waals surface area (Å²) < 4.78 is 27.0. The highest BCUT2D eigenvalue weighted by Crippen LogP contribution is 2.28. The molecule has 0 bridgehead atoms. The fourth-order valence-electron chi connectivity index (χ4n) is 2.53. The van der Waals surface area contributed by atoms with Gasteiger partial charge in [-0.05, 0) is 49.7 Å². The summed E-state index contributed by atoms with van der Waals surface area (Å²) in [5.74, 6) is -0.450. The van der Waals surface area contributed by atoms with E-state index < -0.39 is 15.9 Å². The van der Waals surface area contributed by atoms with Crippen LogP contribution in [0.1, 0.15) is 22.8 Å². The second-order valence-corrected chi connectivity index (χ2v) is 9.30. The number of nitrogens with one attached hydrogen (secondary N) is 1. The van der Waals surface area contributed by atoms with Crippen LogP contribution < -0.4 is 9.62 Å². The predicted molar refractivity (Wildman–Crippen MR) is 111 cm³/mol. The molecule has 2 aromatic carbocycles. The van der Waals surface area contributed by atoms with E-state index >= 15 is 0 Å². The highest BCUT2D eigenvalue weighted by Gasteiger charge is 2.28. The normalized spacial score (nSPS) is 11.2. The minimum Gasteiger partial charge on any atom is -0.296 e. The van der Waals surface area contributed by atoms with E-state index in [0.29, 0.717) is 16.3 Å². The van der Waals surface area contributed by atoms with Gasteiger partial charge in [0.25, 0.3) is 20.3 Å². The average molecular weight is 437 g/mol. The van der Waals surface area contributed by atoms with Crippen molar-refractivity contribution in [2.24, 2.45) is 0 Å². The molecule has 1 amide bonds. The third kappa shape index (κ3) is 4.32. The van der Waals surface area contributed by atoms with Crippen LogP contribution in [0.5, 0.6) is 0 Å². The first-order chi connectivity index (χ1) is 13.3. The van der Waals surface area contributed by atoms with E-state index in [0.717, 1.165) is 16.9 Å². The molecule has 7 nitrogen and oxygen atoms in total. The molecule has 3 aromatic rings. The number of hydrogen-bond acceptors (Lipinski definition) is 6. The molecule has 146 valence electrons. The van der Waals surface area contributed by atoms with Gasteiger partial charge in [-0.1, -0.05) is 41.1 Å². The van der Waals surface area contributed by atoms with E-state index in [1.165, 1.54) is 10.4 Å². The smallest absolute Gasteiger partial charge is 0.293 e. The van der Waals surface area contributed by atoms with E-state index in [1.54, 1.807) is 43.3 Å². The van der Waals surface area contributed by atoms with Gasteiger partial charge in [-0.2, -0.15) is 8.42 Å². The molecule has 0 unspecified atom stereocenters. The van der Waals surface area contributed by atoms with Crippen molar-refractivity contribution in [1.29, 1.82) is 0 Å². The lowest BCUT2D eigenvalue weighted by Gasteiger charge is -2.21. The highest BCUT2D eigenvalue weighted by molar-refractivity contribution is 7.94. The first-order valence-corrected chi connectivity index (χ1v) is 10.9. The number of rotatable bonds is 6. The third-order valence-corrected chi connectivity index (χ3v) is 7.12. The fourth-order valence-corrected chi connectivity index (χ4v) is 5.19. The maximum absolute atomic E-state index is 13.0. The molecule has 1 heterocycles. The molecule has 10 heteroatoms. The summed E-state index contributed by atoms with van der Waals surface area (Å²) in [4.78, 5) is 12.3. The number of carbonyl (C=O) groups is 1. The van der Waals surface area contributed by atoms with Crippen LogP contribution in [0, 0.1) is 6.92 Å². The number of aromatic nitrogens is 2. The van der Waals surface area contributed by atoms with Crippen LogP contribution in [0.25, 0.3) is 0 Å². The van der Waals surface area contributed by atoms with Crippen molar-refractivity contribution in [2.75, 3.05) is 16.2 Å². The number of benzene rings is 2. The summed E-state index contributed by atoms with van der Waals surface area (Å²) in [6.07, 6.45) is 0. The molecule has 3 rings (SSSR count). The summed E-state index contributed by atoms with van der Waals surface area (Å²) in [6, 6.07) is 13.6. The van der Waals surface area contributed by atoms with Crippen LogP contribution in [0.2, 0.25) is 5.02 Å². The van der Waals surface area contributed by atoms with Crippen molar-refractivity contribution in [3.8, 4) is 0 Å². The molecule has 0 radical (unpaired) electrons. The molecule has 1 N–H and O–H groups in total. The fraction of sp³-hybridized carbons (Fsp3) is 0.167. The number of sulfonamides is 1. The quantitative estimate of drug-likeness (QED) is 0.590. The van der Waals surface area contributed by atoms with Gasteiger partial charge >= 0.3 is 0 Å². The number of hydrogen-bond donors (Lipinski definition) is 1. The van der Waals surface area contributed by atoms with Crippen LogP contribution in [0.3, 0.4) is 0 Å². The van der Waals surface area contributed by atoms with Crippen molar-refractivity contribution < 1.29 is 13.2 Å². The van der Waals surface area contributed by atoms with Crippen LogP contribution in [0.15, 0.2) is 52.9 Å². The lowest BCUT2D eigenvalue weighted by atomic mass is 10.2. The molecule has 0 aliphatic carbocycles. The molecular weight excluding hydrogens is 420 g/mol. The Bertz CT molecular complexity index is 1120. The van der Waals surface area contributed by atoms with E-state index in [1.807, 2.05) is 13.0 Å². The van der Waals surface area contributed by atoms with E-state index in [9.17, 15) is 13.2 Å². The Kier molecular flexibility index (Phi) is 5.97. The van der Waals surface area contributed by atoms with Gasteiger partial charge in [0.2, 0.25) is 5.13 Å². The Balaban J connectivity index is 1.84. The standard InChI is InChI=1S/C18H17ClN4O3S2/c1-3-23(15-9-4-6-12(2)10-15)28(25,26)18-22-21-17(27-18)20-16(24)13-7-5-8-14(19)11-13/h4-11H,3H2,1-2H3,(H,20,21,24). The first kappa shape index (κ1) is 20.2. The zero-order valence-electron chi connectivity index (χ0n) is 15.1. The lowest BCUT2D eigenvalue weighted by Crippen LogP contribution is -2.30.